The van der Waals surface area contributed by atoms with Gasteiger partial charge in [0.25, 0.3) is 5.91 Å². The van der Waals surface area contributed by atoms with Crippen LogP contribution in [0.5, 0.6) is 0 Å². The lowest BCUT2D eigenvalue weighted by Crippen LogP contribution is -2.55. The van der Waals surface area contributed by atoms with E-state index < -0.39 is 23.8 Å². The number of nitrogens with zero attached hydrogens (tertiary/aromatic N) is 1. The zero-order chi connectivity index (χ0) is 28.4. The number of alkyl carbamates (subject to hydrolysis) is 1. The van der Waals surface area contributed by atoms with E-state index >= 15 is 0 Å². The number of benzene rings is 2. The lowest BCUT2D eigenvalue weighted by molar-refractivity contribution is -0.142. The average molecular weight is 542 g/mol. The Bertz CT molecular complexity index is 1180. The lowest BCUT2D eigenvalue weighted by atomic mass is 9.94. The quantitative estimate of drug-likeness (QED) is 0.400. The fourth-order valence-electron chi connectivity index (χ4n) is 4.51. The molecule has 2 aromatic rings. The Balaban J connectivity index is 2.05. The number of carbonyl (C=O) groups is 3. The zero-order valence-corrected chi connectivity index (χ0v) is 24.4. The molecule has 0 heterocycles. The number of aryl methyl sites for hydroxylation is 3. The molecule has 3 rings (SSSR count). The monoisotopic (exact) mass is 541 g/mol. The van der Waals surface area contributed by atoms with Gasteiger partial charge in [0, 0.05) is 6.04 Å². The Hall–Kier alpha value is -3.06. The van der Waals surface area contributed by atoms with Crippen molar-refractivity contribution in [1.82, 2.24) is 10.2 Å². The molecule has 0 saturated heterocycles. The molecule has 1 saturated carbocycles. The highest BCUT2D eigenvalue weighted by molar-refractivity contribution is 6.34. The number of ether oxygens (including phenoxy) is 1. The minimum absolute atomic E-state index is 0.118. The molecular weight excluding hydrogens is 502 g/mol. The van der Waals surface area contributed by atoms with Gasteiger partial charge >= 0.3 is 6.09 Å². The fraction of sp³-hybridized carbons (Fsp3) is 0.500. The van der Waals surface area contributed by atoms with E-state index in [-0.39, 0.29) is 23.8 Å². The summed E-state index contributed by atoms with van der Waals surface area (Å²) in [5.74, 6) is -0.901. The van der Waals surface area contributed by atoms with Crippen molar-refractivity contribution >= 4 is 35.2 Å². The van der Waals surface area contributed by atoms with Gasteiger partial charge in [-0.05, 0) is 83.1 Å². The predicted octanol–water partition coefficient (Wildman–Crippen LogP) is 6.49. The van der Waals surface area contributed by atoms with Crippen molar-refractivity contribution in [3.8, 4) is 0 Å². The molecule has 7 nitrogen and oxygen atoms in total. The van der Waals surface area contributed by atoms with Crippen LogP contribution in [0.1, 0.15) is 75.8 Å². The summed E-state index contributed by atoms with van der Waals surface area (Å²) in [5, 5.41) is 6.19. The standard InChI is InChI=1S/C30H40ClN3O4/c1-17(2)24(33-29(37)38-30(6,7)8)28(36)34(21-13-14-21)26(22-15-12-18(3)16-20(22)5)27(35)32-25-19(4)10-9-11-23(25)31/h9-12,15-17,21,24,26H,13-14H2,1-8H3,(H,32,35)(H,33,37). The summed E-state index contributed by atoms with van der Waals surface area (Å²) in [7, 11) is 0. The first-order chi connectivity index (χ1) is 17.7. The fourth-order valence-corrected chi connectivity index (χ4v) is 4.78. The first kappa shape index (κ1) is 29.5. The number of hydrogen-bond acceptors (Lipinski definition) is 4. The number of amides is 3. The highest BCUT2D eigenvalue weighted by Gasteiger charge is 2.45. The van der Waals surface area contributed by atoms with Gasteiger partial charge in [0.05, 0.1) is 10.7 Å². The average Bonchev–Trinajstić information content (AvgIpc) is 3.62. The molecule has 0 spiro atoms. The highest BCUT2D eigenvalue weighted by atomic mass is 35.5. The van der Waals surface area contributed by atoms with Crippen molar-refractivity contribution in [1.29, 1.82) is 0 Å². The molecule has 38 heavy (non-hydrogen) atoms. The molecular formula is C30H40ClN3O4. The summed E-state index contributed by atoms with van der Waals surface area (Å²) < 4.78 is 5.44. The maximum Gasteiger partial charge on any atom is 0.408 e. The van der Waals surface area contributed by atoms with Gasteiger partial charge in [0.1, 0.15) is 17.7 Å². The first-order valence-corrected chi connectivity index (χ1v) is 13.5. The highest BCUT2D eigenvalue weighted by Crippen LogP contribution is 2.38. The van der Waals surface area contributed by atoms with Crippen molar-refractivity contribution in [3.05, 3.63) is 63.7 Å². The van der Waals surface area contributed by atoms with Crippen LogP contribution >= 0.6 is 11.6 Å². The number of rotatable bonds is 8. The van der Waals surface area contributed by atoms with Gasteiger partial charge in [-0.1, -0.05) is 61.3 Å². The Labute approximate surface area is 231 Å². The van der Waals surface area contributed by atoms with Gasteiger partial charge in [0.2, 0.25) is 5.91 Å². The van der Waals surface area contributed by atoms with Crippen LogP contribution in [0.3, 0.4) is 0 Å². The van der Waals surface area contributed by atoms with E-state index in [1.807, 2.05) is 65.0 Å². The maximum absolute atomic E-state index is 14.2. The molecule has 1 aliphatic carbocycles. The second kappa shape index (κ2) is 11.8. The SMILES string of the molecule is Cc1ccc(C(C(=O)Nc2c(C)cccc2Cl)N(C(=O)C(NC(=O)OC(C)(C)C)C(C)C)C2CC2)c(C)c1. The van der Waals surface area contributed by atoms with Gasteiger partial charge in [-0.3, -0.25) is 9.59 Å². The topological polar surface area (TPSA) is 87.7 Å². The molecule has 3 amide bonds. The van der Waals surface area contributed by atoms with Crippen LogP contribution in [0.4, 0.5) is 10.5 Å². The molecule has 8 heteroatoms. The molecule has 0 aromatic heterocycles. The third-order valence-electron chi connectivity index (χ3n) is 6.52. The number of hydrogen-bond donors (Lipinski definition) is 2. The second-order valence-corrected chi connectivity index (χ2v) is 11.9. The smallest absolute Gasteiger partial charge is 0.408 e. The van der Waals surface area contributed by atoms with E-state index in [1.54, 1.807) is 31.7 Å². The van der Waals surface area contributed by atoms with E-state index in [2.05, 4.69) is 10.6 Å². The van der Waals surface area contributed by atoms with Crippen molar-refractivity contribution < 1.29 is 19.1 Å². The van der Waals surface area contributed by atoms with Gasteiger partial charge in [0.15, 0.2) is 0 Å². The summed E-state index contributed by atoms with van der Waals surface area (Å²) in [5.41, 5.74) is 3.33. The summed E-state index contributed by atoms with van der Waals surface area (Å²) in [6, 6.07) is 9.38. The summed E-state index contributed by atoms with van der Waals surface area (Å²) >= 11 is 6.44. The molecule has 2 atom stereocenters. The molecule has 1 aliphatic rings. The van der Waals surface area contributed by atoms with Gasteiger partial charge in [-0.15, -0.1) is 0 Å². The largest absolute Gasteiger partial charge is 0.444 e. The lowest BCUT2D eigenvalue weighted by Gasteiger charge is -2.36. The van der Waals surface area contributed by atoms with E-state index in [0.717, 1.165) is 35.1 Å². The zero-order valence-electron chi connectivity index (χ0n) is 23.6. The molecule has 1 fully saturated rings. The molecule has 2 N–H and O–H groups in total. The van der Waals surface area contributed by atoms with Gasteiger partial charge < -0.3 is 20.3 Å². The first-order valence-electron chi connectivity index (χ1n) is 13.1. The maximum atomic E-state index is 14.2. The van der Waals surface area contributed by atoms with Crippen LogP contribution in [0.15, 0.2) is 36.4 Å². The summed E-state index contributed by atoms with van der Waals surface area (Å²) in [6.07, 6.45) is 0.894. The third-order valence-corrected chi connectivity index (χ3v) is 6.83. The van der Waals surface area contributed by atoms with Crippen LogP contribution < -0.4 is 10.6 Å². The number of nitrogens with one attached hydrogen (secondary N) is 2. The van der Waals surface area contributed by atoms with Crippen LogP contribution in [-0.4, -0.2) is 40.5 Å². The predicted molar refractivity (Wildman–Crippen MR) is 151 cm³/mol. The van der Waals surface area contributed by atoms with E-state index in [1.165, 1.54) is 0 Å². The molecule has 206 valence electrons. The van der Waals surface area contributed by atoms with Crippen LogP contribution in [0.2, 0.25) is 5.02 Å². The molecule has 2 unspecified atom stereocenters. The van der Waals surface area contributed by atoms with Crippen LogP contribution in [-0.2, 0) is 14.3 Å². The van der Waals surface area contributed by atoms with Crippen LogP contribution in [0.25, 0.3) is 0 Å². The number of para-hydroxylation sites is 1. The van der Waals surface area contributed by atoms with Crippen molar-refractivity contribution in [2.75, 3.05) is 5.32 Å². The normalized spacial score (nSPS) is 15.0. The summed E-state index contributed by atoms with van der Waals surface area (Å²) in [4.78, 5) is 42.6. The molecule has 0 aliphatic heterocycles. The molecule has 2 aromatic carbocycles. The molecule has 0 bridgehead atoms. The number of anilines is 1. The van der Waals surface area contributed by atoms with E-state index in [0.29, 0.717) is 10.7 Å². The summed E-state index contributed by atoms with van der Waals surface area (Å²) in [6.45, 7) is 14.8. The second-order valence-electron chi connectivity index (χ2n) is 11.5. The Morgan fingerprint density at radius 3 is 2.21 bits per heavy atom. The Morgan fingerprint density at radius 1 is 1.03 bits per heavy atom. The van der Waals surface area contributed by atoms with Crippen molar-refractivity contribution in [3.63, 3.8) is 0 Å². The van der Waals surface area contributed by atoms with Crippen molar-refractivity contribution in [2.45, 2.75) is 92.0 Å². The Morgan fingerprint density at radius 2 is 1.68 bits per heavy atom. The van der Waals surface area contributed by atoms with Crippen molar-refractivity contribution in [2.24, 2.45) is 5.92 Å². The van der Waals surface area contributed by atoms with Gasteiger partial charge in [-0.2, -0.15) is 0 Å². The number of carbonyl (C=O) groups excluding carboxylic acids is 3. The van der Waals surface area contributed by atoms with E-state index in [4.69, 9.17) is 16.3 Å². The minimum atomic E-state index is -0.909. The number of halogens is 1. The Kier molecular flexibility index (Phi) is 9.13. The van der Waals surface area contributed by atoms with Crippen LogP contribution in [0, 0.1) is 26.7 Å². The molecule has 0 radical (unpaired) electrons. The minimum Gasteiger partial charge on any atom is -0.444 e. The van der Waals surface area contributed by atoms with E-state index in [9.17, 15) is 14.4 Å². The van der Waals surface area contributed by atoms with Gasteiger partial charge in [-0.25, -0.2) is 4.79 Å². The third kappa shape index (κ3) is 7.28.